The van der Waals surface area contributed by atoms with Crippen molar-refractivity contribution in [3.05, 3.63) is 6.61 Å². The van der Waals surface area contributed by atoms with Gasteiger partial charge in [0.2, 0.25) is 0 Å². The van der Waals surface area contributed by atoms with E-state index in [-0.39, 0.29) is 19.1 Å². The molecule has 0 aromatic carbocycles. The van der Waals surface area contributed by atoms with Gasteiger partial charge in [-0.2, -0.15) is 0 Å². The molecule has 0 atom stereocenters. The van der Waals surface area contributed by atoms with Crippen molar-refractivity contribution in [2.24, 2.45) is 0 Å². The molecule has 0 N–H and O–H groups in total. The van der Waals surface area contributed by atoms with E-state index in [1.165, 1.54) is 0 Å². The van der Waals surface area contributed by atoms with Gasteiger partial charge < -0.3 is 4.74 Å². The van der Waals surface area contributed by atoms with Crippen LogP contribution in [0.3, 0.4) is 0 Å². The minimum Gasteiger partial charge on any atom is -0.377 e. The molecule has 0 unspecified atom stereocenters. The van der Waals surface area contributed by atoms with Crippen molar-refractivity contribution in [3.63, 3.8) is 0 Å². The van der Waals surface area contributed by atoms with Crippen molar-refractivity contribution < 1.29 is 22.6 Å². The van der Waals surface area contributed by atoms with Gasteiger partial charge in [0.05, 0.1) is 13.2 Å². The van der Waals surface area contributed by atoms with E-state index in [2.05, 4.69) is 9.47 Å². The molecule has 0 fully saturated rings. The second-order valence-corrected chi connectivity index (χ2v) is 1.87. The summed E-state index contributed by atoms with van der Waals surface area (Å²) < 4.78 is 41.5. The van der Waals surface area contributed by atoms with E-state index in [0.29, 0.717) is 6.61 Å². The average molecular weight is 192 g/mol. The fourth-order valence-electron chi connectivity index (χ4n) is 0.315. The zero-order valence-corrected chi connectivity index (χ0v) is 6.28. The van der Waals surface area contributed by atoms with Gasteiger partial charge in [0.15, 0.2) is 0 Å². The summed E-state index contributed by atoms with van der Waals surface area (Å²) in [5.74, 6) is 0.250. The van der Waals surface area contributed by atoms with Crippen LogP contribution in [0.2, 0.25) is 0 Å². The zero-order chi connectivity index (χ0) is 8.74. The monoisotopic (exact) mass is 191 g/mol. The molecule has 0 saturated carbocycles. The van der Waals surface area contributed by atoms with Crippen LogP contribution in [0.4, 0.5) is 13.2 Å². The van der Waals surface area contributed by atoms with Gasteiger partial charge >= 0.3 is 6.36 Å². The topological polar surface area (TPSA) is 18.5 Å². The zero-order valence-electron chi connectivity index (χ0n) is 5.53. The smallest absolute Gasteiger partial charge is 0.377 e. The Bertz CT molecular complexity index is 96.2. The predicted octanol–water partition coefficient (Wildman–Crippen LogP) is 1.94. The second kappa shape index (κ2) is 5.62. The molecule has 11 heavy (non-hydrogen) atoms. The van der Waals surface area contributed by atoms with E-state index in [9.17, 15) is 13.2 Å². The van der Waals surface area contributed by atoms with Crippen molar-refractivity contribution in [2.45, 2.75) is 6.36 Å². The van der Waals surface area contributed by atoms with Crippen LogP contribution in [0.15, 0.2) is 0 Å². The molecule has 0 amide bonds. The van der Waals surface area contributed by atoms with Gasteiger partial charge in [-0.15, -0.1) is 24.8 Å². The normalized spacial score (nSPS) is 12.0. The van der Waals surface area contributed by atoms with Crippen LogP contribution in [0, 0.1) is 6.61 Å². The van der Waals surface area contributed by atoms with Crippen LogP contribution in [0.1, 0.15) is 0 Å². The van der Waals surface area contributed by atoms with Crippen molar-refractivity contribution in [1.82, 2.24) is 0 Å². The number of alkyl halides is 4. The van der Waals surface area contributed by atoms with Gasteiger partial charge in [-0.3, -0.25) is 4.74 Å². The Balaban J connectivity index is 3.02. The fraction of sp³-hybridized carbons (Fsp3) is 0.800. The summed E-state index contributed by atoms with van der Waals surface area (Å²) in [4.78, 5) is 0. The summed E-state index contributed by atoms with van der Waals surface area (Å²) in [6, 6.07) is 0. The maximum atomic E-state index is 11.2. The molecule has 0 aromatic heterocycles. The number of hydrogen-bond donors (Lipinski definition) is 0. The van der Waals surface area contributed by atoms with Crippen LogP contribution in [-0.4, -0.2) is 25.5 Å². The Morgan fingerprint density at radius 3 is 2.45 bits per heavy atom. The molecule has 2 nitrogen and oxygen atoms in total. The molecule has 0 heterocycles. The first-order chi connectivity index (χ1) is 5.06. The predicted molar refractivity (Wildman–Crippen MR) is 33.0 cm³/mol. The standard InChI is InChI=1S/C5H7ClF3O2/c6-1-2-10-3-4-11-5(7,8)9/h4H,1-3H2. The van der Waals surface area contributed by atoms with Gasteiger partial charge in [0.1, 0.15) is 6.61 Å². The summed E-state index contributed by atoms with van der Waals surface area (Å²) in [6.07, 6.45) is -4.62. The lowest BCUT2D eigenvalue weighted by molar-refractivity contribution is -0.311. The molecule has 0 aliphatic heterocycles. The summed E-state index contributed by atoms with van der Waals surface area (Å²) in [6.45, 7) is 0.526. The molecule has 0 aliphatic carbocycles. The number of hydrogen-bond acceptors (Lipinski definition) is 2. The third-order valence-electron chi connectivity index (χ3n) is 0.624. The van der Waals surface area contributed by atoms with E-state index in [0.717, 1.165) is 0 Å². The van der Waals surface area contributed by atoms with Gasteiger partial charge in [-0.05, 0) is 0 Å². The third-order valence-corrected chi connectivity index (χ3v) is 0.779. The largest absolute Gasteiger partial charge is 0.522 e. The highest BCUT2D eigenvalue weighted by Gasteiger charge is 2.28. The lowest BCUT2D eigenvalue weighted by Gasteiger charge is -2.05. The molecule has 0 spiro atoms. The Labute approximate surface area is 67.2 Å². The van der Waals surface area contributed by atoms with Crippen LogP contribution in [-0.2, 0) is 9.47 Å². The highest BCUT2D eigenvalue weighted by Crippen LogP contribution is 2.16. The Hall–Kier alpha value is 0. The average Bonchev–Trinajstić information content (AvgIpc) is 1.85. The van der Waals surface area contributed by atoms with E-state index < -0.39 is 6.36 Å². The minimum absolute atomic E-state index is 0.208. The van der Waals surface area contributed by atoms with Crippen LogP contribution < -0.4 is 0 Å². The van der Waals surface area contributed by atoms with Gasteiger partial charge in [0, 0.05) is 5.88 Å². The molecule has 1 radical (unpaired) electrons. The Kier molecular flexibility index (Phi) is 5.62. The molecule has 67 valence electrons. The SMILES string of the molecule is FC(F)(F)O[CH]COCCCl. The summed E-state index contributed by atoms with van der Waals surface area (Å²) in [7, 11) is 0. The molecular formula is C5H7ClF3O2. The van der Waals surface area contributed by atoms with Crippen LogP contribution >= 0.6 is 11.6 Å². The number of rotatable bonds is 5. The maximum Gasteiger partial charge on any atom is 0.522 e. The van der Waals surface area contributed by atoms with Gasteiger partial charge in [-0.25, -0.2) is 0 Å². The van der Waals surface area contributed by atoms with E-state index in [1.807, 2.05) is 0 Å². The Morgan fingerprint density at radius 1 is 1.36 bits per heavy atom. The molecule has 0 aliphatic rings. The molecule has 0 bridgehead atoms. The first-order valence-electron chi connectivity index (χ1n) is 2.76. The van der Waals surface area contributed by atoms with Crippen LogP contribution in [0.25, 0.3) is 0 Å². The van der Waals surface area contributed by atoms with Crippen molar-refractivity contribution in [3.8, 4) is 0 Å². The number of ether oxygens (including phenoxy) is 2. The summed E-state index contributed by atoms with van der Waals surface area (Å²) >= 11 is 5.17. The summed E-state index contributed by atoms with van der Waals surface area (Å²) in [5.41, 5.74) is 0. The molecule has 0 aromatic rings. The lowest BCUT2D eigenvalue weighted by atomic mass is 10.7. The van der Waals surface area contributed by atoms with Crippen molar-refractivity contribution in [1.29, 1.82) is 0 Å². The van der Waals surface area contributed by atoms with E-state index in [4.69, 9.17) is 11.6 Å². The molecule has 6 heteroatoms. The van der Waals surface area contributed by atoms with E-state index >= 15 is 0 Å². The van der Waals surface area contributed by atoms with Crippen molar-refractivity contribution in [2.75, 3.05) is 19.1 Å². The first kappa shape index (κ1) is 11.0. The maximum absolute atomic E-state index is 11.2. The highest BCUT2D eigenvalue weighted by molar-refractivity contribution is 6.17. The molecular weight excluding hydrogens is 184 g/mol. The third kappa shape index (κ3) is 10.0. The highest BCUT2D eigenvalue weighted by atomic mass is 35.5. The quantitative estimate of drug-likeness (QED) is 0.489. The van der Waals surface area contributed by atoms with Crippen molar-refractivity contribution >= 4 is 11.6 Å². The first-order valence-corrected chi connectivity index (χ1v) is 3.29. The minimum atomic E-state index is -4.62. The van der Waals surface area contributed by atoms with Gasteiger partial charge in [0.25, 0.3) is 0 Å². The van der Waals surface area contributed by atoms with Gasteiger partial charge in [-0.1, -0.05) is 0 Å². The molecule has 0 saturated heterocycles. The second-order valence-electron chi connectivity index (χ2n) is 1.49. The number of halogens is 4. The molecule has 0 rings (SSSR count). The van der Waals surface area contributed by atoms with Crippen LogP contribution in [0.5, 0.6) is 0 Å². The lowest BCUT2D eigenvalue weighted by Crippen LogP contribution is -2.13. The van der Waals surface area contributed by atoms with E-state index in [1.54, 1.807) is 0 Å². The fourth-order valence-corrected chi connectivity index (χ4v) is 0.424. The Morgan fingerprint density at radius 2 is 2.00 bits per heavy atom. The summed E-state index contributed by atoms with van der Waals surface area (Å²) in [5, 5.41) is 0.